The summed E-state index contributed by atoms with van der Waals surface area (Å²) in [6.07, 6.45) is 0. The van der Waals surface area contributed by atoms with Gasteiger partial charge in [0, 0.05) is 12.2 Å². The predicted octanol–water partition coefficient (Wildman–Crippen LogP) is 2.73. The summed E-state index contributed by atoms with van der Waals surface area (Å²) in [5, 5.41) is 12.4. The van der Waals surface area contributed by atoms with Gasteiger partial charge < -0.3 is 16.2 Å². The van der Waals surface area contributed by atoms with Gasteiger partial charge in [0.1, 0.15) is 11.6 Å². The Balaban J connectivity index is 2.02. The van der Waals surface area contributed by atoms with Gasteiger partial charge in [0.2, 0.25) is 0 Å². The number of phenols is 1. The normalized spacial score (nSPS) is 10.2. The van der Waals surface area contributed by atoms with Crippen LogP contribution in [0.2, 0.25) is 0 Å². The molecule has 17 heavy (non-hydrogen) atoms. The maximum Gasteiger partial charge on any atom is 0.138 e. The molecule has 4 N–H and O–H groups in total. The van der Waals surface area contributed by atoms with Gasteiger partial charge in [0.15, 0.2) is 0 Å². The molecular formula is C13H13FN2O. The predicted molar refractivity (Wildman–Crippen MR) is 66.2 cm³/mol. The van der Waals surface area contributed by atoms with Crippen molar-refractivity contribution in [1.29, 1.82) is 0 Å². The molecular weight excluding hydrogens is 219 g/mol. The Bertz CT molecular complexity index is 511. The van der Waals surface area contributed by atoms with Crippen molar-refractivity contribution in [2.45, 2.75) is 6.54 Å². The average molecular weight is 232 g/mol. The van der Waals surface area contributed by atoms with E-state index in [2.05, 4.69) is 5.32 Å². The molecule has 0 radical (unpaired) electrons. The lowest BCUT2D eigenvalue weighted by Gasteiger charge is -2.07. The summed E-state index contributed by atoms with van der Waals surface area (Å²) >= 11 is 0. The van der Waals surface area contributed by atoms with Crippen LogP contribution in [0.4, 0.5) is 15.8 Å². The van der Waals surface area contributed by atoms with Crippen LogP contribution in [0.25, 0.3) is 0 Å². The first kappa shape index (κ1) is 11.3. The number of hydrogen-bond donors (Lipinski definition) is 3. The Morgan fingerprint density at radius 2 is 1.82 bits per heavy atom. The van der Waals surface area contributed by atoms with Gasteiger partial charge in [-0.15, -0.1) is 0 Å². The summed E-state index contributed by atoms with van der Waals surface area (Å²) in [5.41, 5.74) is 7.71. The van der Waals surface area contributed by atoms with E-state index in [9.17, 15) is 9.50 Å². The number of halogens is 1. The fourth-order valence-electron chi connectivity index (χ4n) is 1.49. The summed E-state index contributed by atoms with van der Waals surface area (Å²) < 4.78 is 12.7. The van der Waals surface area contributed by atoms with E-state index in [0.717, 1.165) is 11.3 Å². The minimum absolute atomic E-state index is 0.0792. The number of aromatic hydroxyl groups is 1. The quantitative estimate of drug-likeness (QED) is 0.563. The summed E-state index contributed by atoms with van der Waals surface area (Å²) in [5.74, 6) is -0.181. The van der Waals surface area contributed by atoms with Gasteiger partial charge in [0.25, 0.3) is 0 Å². The van der Waals surface area contributed by atoms with Crippen LogP contribution < -0.4 is 11.1 Å². The molecule has 0 atom stereocenters. The number of nitrogen functional groups attached to an aromatic ring is 1. The first-order valence-electron chi connectivity index (χ1n) is 5.22. The van der Waals surface area contributed by atoms with Crippen molar-refractivity contribution in [2.24, 2.45) is 0 Å². The van der Waals surface area contributed by atoms with Crippen molar-refractivity contribution in [1.82, 2.24) is 0 Å². The van der Waals surface area contributed by atoms with Gasteiger partial charge in [-0.25, -0.2) is 4.39 Å². The standard InChI is InChI=1S/C13H13FN2O/c14-10-2-4-11(5-3-10)16-8-9-1-6-13(17)12(15)7-9/h1-7,16-17H,8,15H2. The Labute approximate surface area is 98.7 Å². The van der Waals surface area contributed by atoms with Crippen molar-refractivity contribution >= 4 is 11.4 Å². The maximum absolute atomic E-state index is 12.7. The largest absolute Gasteiger partial charge is 0.506 e. The molecule has 0 spiro atoms. The lowest BCUT2D eigenvalue weighted by atomic mass is 10.2. The van der Waals surface area contributed by atoms with Gasteiger partial charge in [-0.2, -0.15) is 0 Å². The van der Waals surface area contributed by atoms with Crippen LogP contribution in [0.3, 0.4) is 0 Å². The molecule has 0 aliphatic rings. The first-order valence-corrected chi connectivity index (χ1v) is 5.22. The van der Waals surface area contributed by atoms with Crippen LogP contribution >= 0.6 is 0 Å². The van der Waals surface area contributed by atoms with E-state index in [1.165, 1.54) is 12.1 Å². The fraction of sp³-hybridized carbons (Fsp3) is 0.0769. The summed E-state index contributed by atoms with van der Waals surface area (Å²) in [7, 11) is 0. The Hall–Kier alpha value is -2.23. The molecule has 2 aromatic rings. The highest BCUT2D eigenvalue weighted by molar-refractivity contribution is 5.54. The molecule has 0 aromatic heterocycles. The Morgan fingerprint density at radius 3 is 2.47 bits per heavy atom. The minimum atomic E-state index is -0.260. The number of nitrogens with two attached hydrogens (primary N) is 1. The lowest BCUT2D eigenvalue weighted by Crippen LogP contribution is -2.00. The fourth-order valence-corrected chi connectivity index (χ4v) is 1.49. The van der Waals surface area contributed by atoms with Gasteiger partial charge in [-0.1, -0.05) is 6.07 Å². The van der Waals surface area contributed by atoms with Crippen molar-refractivity contribution in [2.75, 3.05) is 11.1 Å². The number of benzene rings is 2. The number of anilines is 2. The molecule has 0 aliphatic carbocycles. The van der Waals surface area contributed by atoms with E-state index < -0.39 is 0 Å². The van der Waals surface area contributed by atoms with Gasteiger partial charge >= 0.3 is 0 Å². The topological polar surface area (TPSA) is 58.3 Å². The number of phenolic OH excluding ortho intramolecular Hbond substituents is 1. The van der Waals surface area contributed by atoms with Crippen molar-refractivity contribution in [3.05, 3.63) is 53.8 Å². The molecule has 0 fully saturated rings. The lowest BCUT2D eigenvalue weighted by molar-refractivity contribution is 0.478. The van der Waals surface area contributed by atoms with Crippen LogP contribution in [0.15, 0.2) is 42.5 Å². The zero-order chi connectivity index (χ0) is 12.3. The van der Waals surface area contributed by atoms with Gasteiger partial charge in [-0.3, -0.25) is 0 Å². The van der Waals surface area contributed by atoms with E-state index in [0.29, 0.717) is 12.2 Å². The van der Waals surface area contributed by atoms with Crippen molar-refractivity contribution < 1.29 is 9.50 Å². The summed E-state index contributed by atoms with van der Waals surface area (Å²) in [6, 6.07) is 11.2. The minimum Gasteiger partial charge on any atom is -0.506 e. The molecule has 0 bridgehead atoms. The van der Waals surface area contributed by atoms with Crippen LogP contribution in [-0.2, 0) is 6.54 Å². The monoisotopic (exact) mass is 232 g/mol. The van der Waals surface area contributed by atoms with E-state index in [1.807, 2.05) is 0 Å². The van der Waals surface area contributed by atoms with Crippen molar-refractivity contribution in [3.8, 4) is 5.75 Å². The molecule has 0 unspecified atom stereocenters. The third kappa shape index (κ3) is 2.87. The molecule has 0 saturated heterocycles. The first-order chi connectivity index (χ1) is 8.15. The summed E-state index contributed by atoms with van der Waals surface area (Å²) in [6.45, 7) is 0.566. The number of rotatable bonds is 3. The van der Waals surface area contributed by atoms with E-state index in [1.54, 1.807) is 30.3 Å². The second-order valence-corrected chi connectivity index (χ2v) is 3.75. The second kappa shape index (κ2) is 4.74. The summed E-state index contributed by atoms with van der Waals surface area (Å²) in [4.78, 5) is 0. The number of nitrogens with one attached hydrogen (secondary N) is 1. The Morgan fingerprint density at radius 1 is 1.12 bits per heavy atom. The van der Waals surface area contributed by atoms with Crippen molar-refractivity contribution in [3.63, 3.8) is 0 Å². The maximum atomic E-state index is 12.7. The SMILES string of the molecule is Nc1cc(CNc2ccc(F)cc2)ccc1O. The third-order valence-corrected chi connectivity index (χ3v) is 2.43. The van der Waals surface area contributed by atoms with Crippen LogP contribution in [0, 0.1) is 5.82 Å². The molecule has 2 aromatic carbocycles. The van der Waals surface area contributed by atoms with E-state index in [4.69, 9.17) is 5.73 Å². The zero-order valence-electron chi connectivity index (χ0n) is 9.15. The third-order valence-electron chi connectivity index (χ3n) is 2.43. The molecule has 0 amide bonds. The molecule has 0 heterocycles. The highest BCUT2D eigenvalue weighted by atomic mass is 19.1. The smallest absolute Gasteiger partial charge is 0.138 e. The highest BCUT2D eigenvalue weighted by Crippen LogP contribution is 2.21. The molecule has 3 nitrogen and oxygen atoms in total. The molecule has 0 aliphatic heterocycles. The van der Waals surface area contributed by atoms with E-state index >= 15 is 0 Å². The second-order valence-electron chi connectivity index (χ2n) is 3.75. The zero-order valence-corrected chi connectivity index (χ0v) is 9.15. The molecule has 88 valence electrons. The van der Waals surface area contributed by atoms with Crippen LogP contribution in [-0.4, -0.2) is 5.11 Å². The van der Waals surface area contributed by atoms with Crippen LogP contribution in [0.5, 0.6) is 5.75 Å². The van der Waals surface area contributed by atoms with Gasteiger partial charge in [0.05, 0.1) is 5.69 Å². The van der Waals surface area contributed by atoms with Crippen LogP contribution in [0.1, 0.15) is 5.56 Å². The van der Waals surface area contributed by atoms with Gasteiger partial charge in [-0.05, 0) is 42.0 Å². The molecule has 0 saturated carbocycles. The molecule has 2 rings (SSSR count). The Kier molecular flexibility index (Phi) is 3.14. The molecule has 4 heteroatoms. The number of hydrogen-bond acceptors (Lipinski definition) is 3. The van der Waals surface area contributed by atoms with E-state index in [-0.39, 0.29) is 11.6 Å². The highest BCUT2D eigenvalue weighted by Gasteiger charge is 1.99. The average Bonchev–Trinajstić information content (AvgIpc) is 2.33.